The Morgan fingerprint density at radius 2 is 2.00 bits per heavy atom. The van der Waals surface area contributed by atoms with E-state index in [-0.39, 0.29) is 12.5 Å². The Morgan fingerprint density at radius 1 is 1.29 bits per heavy atom. The molecule has 0 radical (unpaired) electrons. The van der Waals surface area contributed by atoms with E-state index in [2.05, 4.69) is 17.6 Å². The fourth-order valence-corrected chi connectivity index (χ4v) is 1.95. The Hall–Kier alpha value is -0.690. The minimum Gasteiger partial charge on any atom is -0.395 e. The van der Waals surface area contributed by atoms with Gasteiger partial charge in [0.2, 0.25) is 5.91 Å². The monoisotopic (exact) mass is 246 g/mol. The number of hydrogen-bond acceptors (Lipinski definition) is 5. The van der Waals surface area contributed by atoms with Crippen molar-refractivity contribution in [1.29, 1.82) is 0 Å². The lowest BCUT2D eigenvalue weighted by Gasteiger charge is -2.15. The first-order chi connectivity index (χ1) is 8.11. The van der Waals surface area contributed by atoms with Crippen LogP contribution in [0.2, 0.25) is 0 Å². The summed E-state index contributed by atoms with van der Waals surface area (Å²) in [4.78, 5) is 11.7. The second kappa shape index (κ2) is 6.90. The van der Waals surface area contributed by atoms with Gasteiger partial charge in [-0.1, -0.05) is 19.8 Å². The van der Waals surface area contributed by atoms with E-state index in [9.17, 15) is 15.0 Å². The first-order valence-electron chi connectivity index (χ1n) is 6.12. The zero-order valence-electron chi connectivity index (χ0n) is 10.1. The van der Waals surface area contributed by atoms with Gasteiger partial charge in [-0.15, -0.1) is 0 Å². The maximum absolute atomic E-state index is 11.7. The predicted octanol–water partition coefficient (Wildman–Crippen LogP) is -1.65. The van der Waals surface area contributed by atoms with Crippen LogP contribution in [-0.2, 0) is 4.79 Å². The van der Waals surface area contributed by atoms with Crippen LogP contribution in [0.3, 0.4) is 0 Å². The van der Waals surface area contributed by atoms with Gasteiger partial charge in [-0.25, -0.2) is 0 Å². The van der Waals surface area contributed by atoms with Crippen LogP contribution in [0.25, 0.3) is 0 Å². The van der Waals surface area contributed by atoms with E-state index >= 15 is 0 Å². The lowest BCUT2D eigenvalue weighted by atomic mass is 10.1. The second-order valence-corrected chi connectivity index (χ2v) is 4.41. The summed E-state index contributed by atoms with van der Waals surface area (Å²) >= 11 is 0. The van der Waals surface area contributed by atoms with Crippen LogP contribution in [0.15, 0.2) is 0 Å². The molecular weight excluding hydrogens is 224 g/mol. The van der Waals surface area contributed by atoms with Crippen LogP contribution in [0, 0.1) is 0 Å². The Kier molecular flexibility index (Phi) is 5.84. The van der Waals surface area contributed by atoms with E-state index < -0.39 is 24.3 Å². The molecule has 0 unspecified atom stereocenters. The lowest BCUT2D eigenvalue weighted by Crippen LogP contribution is -2.47. The van der Waals surface area contributed by atoms with Gasteiger partial charge in [0.25, 0.3) is 0 Å². The van der Waals surface area contributed by atoms with Crippen LogP contribution in [0.1, 0.15) is 26.2 Å². The van der Waals surface area contributed by atoms with Gasteiger partial charge in [0, 0.05) is 6.54 Å². The maximum Gasteiger partial charge on any atom is 0.239 e. The van der Waals surface area contributed by atoms with Gasteiger partial charge < -0.3 is 20.6 Å². The summed E-state index contributed by atoms with van der Waals surface area (Å²) in [5.41, 5.74) is 0. The highest BCUT2D eigenvalue weighted by atomic mass is 16.3. The Bertz CT molecular complexity index is 250. The highest BCUT2D eigenvalue weighted by Gasteiger charge is 2.43. The number of unbranched alkanes of at least 4 members (excludes halogenated alkanes) is 2. The number of amides is 1. The lowest BCUT2D eigenvalue weighted by molar-refractivity contribution is -0.125. The number of nitrogens with one attached hydrogen (secondary N) is 2. The average Bonchev–Trinajstić information content (AvgIpc) is 2.61. The molecule has 1 fully saturated rings. The molecule has 0 aliphatic carbocycles. The molecule has 0 saturated carbocycles. The molecule has 17 heavy (non-hydrogen) atoms. The Labute approximate surface area is 101 Å². The molecule has 1 aliphatic heterocycles. The van der Waals surface area contributed by atoms with Crippen molar-refractivity contribution >= 4 is 5.91 Å². The maximum atomic E-state index is 11.7. The molecular formula is C11H22N2O4. The Balaban J connectivity index is 2.37. The molecule has 0 bridgehead atoms. The summed E-state index contributed by atoms with van der Waals surface area (Å²) in [5, 5.41) is 33.5. The highest BCUT2D eigenvalue weighted by Crippen LogP contribution is 2.14. The van der Waals surface area contributed by atoms with E-state index in [4.69, 9.17) is 5.11 Å². The molecule has 0 aromatic carbocycles. The number of aliphatic hydroxyl groups excluding tert-OH is 3. The zero-order chi connectivity index (χ0) is 12.8. The van der Waals surface area contributed by atoms with E-state index in [1.807, 2.05) is 0 Å². The molecule has 4 atom stereocenters. The predicted molar refractivity (Wildman–Crippen MR) is 62.3 cm³/mol. The smallest absolute Gasteiger partial charge is 0.239 e. The molecule has 6 heteroatoms. The van der Waals surface area contributed by atoms with Gasteiger partial charge in [0.05, 0.1) is 18.8 Å². The van der Waals surface area contributed by atoms with Crippen molar-refractivity contribution in [2.24, 2.45) is 0 Å². The first kappa shape index (κ1) is 14.4. The summed E-state index contributed by atoms with van der Waals surface area (Å²) in [6.45, 7) is 2.33. The van der Waals surface area contributed by atoms with E-state index in [1.165, 1.54) is 0 Å². The first-order valence-corrected chi connectivity index (χ1v) is 6.12. The fraction of sp³-hybridized carbons (Fsp3) is 0.909. The van der Waals surface area contributed by atoms with E-state index in [0.717, 1.165) is 19.3 Å². The van der Waals surface area contributed by atoms with Crippen LogP contribution in [-0.4, -0.2) is 58.7 Å². The standard InChI is InChI=1S/C11H22N2O4/c1-2-3-4-5-12-11(17)8-10(16)9(15)7(6-14)13-8/h7-10,13-16H,2-6H2,1H3,(H,12,17)/t7-,8+,9+,10-/m1/s1. The second-order valence-electron chi connectivity index (χ2n) is 4.41. The van der Waals surface area contributed by atoms with Crippen molar-refractivity contribution in [3.05, 3.63) is 0 Å². The van der Waals surface area contributed by atoms with Gasteiger partial charge in [-0.2, -0.15) is 0 Å². The third-order valence-corrected chi connectivity index (χ3v) is 3.06. The van der Waals surface area contributed by atoms with Gasteiger partial charge in [-0.3, -0.25) is 10.1 Å². The van der Waals surface area contributed by atoms with Crippen molar-refractivity contribution in [2.45, 2.75) is 50.5 Å². The van der Waals surface area contributed by atoms with Gasteiger partial charge in [0.15, 0.2) is 0 Å². The molecule has 100 valence electrons. The quantitative estimate of drug-likeness (QED) is 0.361. The van der Waals surface area contributed by atoms with Gasteiger partial charge >= 0.3 is 0 Å². The number of rotatable bonds is 6. The molecule has 0 aromatic rings. The Morgan fingerprint density at radius 3 is 2.53 bits per heavy atom. The van der Waals surface area contributed by atoms with Crippen molar-refractivity contribution < 1.29 is 20.1 Å². The molecule has 1 aliphatic rings. The van der Waals surface area contributed by atoms with Crippen LogP contribution in [0.4, 0.5) is 0 Å². The summed E-state index contributed by atoms with van der Waals surface area (Å²) in [7, 11) is 0. The van der Waals surface area contributed by atoms with Crippen LogP contribution >= 0.6 is 0 Å². The molecule has 0 aromatic heterocycles. The number of carbonyl (C=O) groups excluding carboxylic acids is 1. The average molecular weight is 246 g/mol. The molecule has 1 saturated heterocycles. The highest BCUT2D eigenvalue weighted by molar-refractivity contribution is 5.83. The number of carbonyl (C=O) groups is 1. The normalized spacial score (nSPS) is 32.7. The van der Waals surface area contributed by atoms with E-state index in [0.29, 0.717) is 6.54 Å². The third-order valence-electron chi connectivity index (χ3n) is 3.06. The minimum absolute atomic E-state index is 0.308. The molecule has 1 heterocycles. The molecule has 5 N–H and O–H groups in total. The van der Waals surface area contributed by atoms with Crippen molar-refractivity contribution in [1.82, 2.24) is 10.6 Å². The van der Waals surface area contributed by atoms with Crippen molar-refractivity contribution in [3.8, 4) is 0 Å². The molecule has 6 nitrogen and oxygen atoms in total. The van der Waals surface area contributed by atoms with Crippen molar-refractivity contribution in [3.63, 3.8) is 0 Å². The fourth-order valence-electron chi connectivity index (χ4n) is 1.95. The molecule has 1 rings (SSSR count). The minimum atomic E-state index is -1.17. The SMILES string of the molecule is CCCCCNC(=O)[C@H]1N[C@H](CO)[C@H](O)[C@@H]1O. The number of hydrogen-bond donors (Lipinski definition) is 5. The zero-order valence-corrected chi connectivity index (χ0v) is 10.1. The van der Waals surface area contributed by atoms with Gasteiger partial charge in [-0.05, 0) is 6.42 Å². The van der Waals surface area contributed by atoms with E-state index in [1.54, 1.807) is 0 Å². The summed E-state index contributed by atoms with van der Waals surface area (Å²) in [6, 6.07) is -1.49. The van der Waals surface area contributed by atoms with Crippen LogP contribution in [0.5, 0.6) is 0 Å². The largest absolute Gasteiger partial charge is 0.395 e. The summed E-state index contributed by atoms with van der Waals surface area (Å²) in [6.07, 6.45) is 0.746. The summed E-state index contributed by atoms with van der Waals surface area (Å²) in [5.74, 6) is -0.330. The molecule has 1 amide bonds. The molecule has 0 spiro atoms. The van der Waals surface area contributed by atoms with Crippen LogP contribution < -0.4 is 10.6 Å². The number of aliphatic hydroxyl groups is 3. The third kappa shape index (κ3) is 3.64. The topological polar surface area (TPSA) is 102 Å². The van der Waals surface area contributed by atoms with Crippen molar-refractivity contribution in [2.75, 3.05) is 13.2 Å². The summed E-state index contributed by atoms with van der Waals surface area (Å²) < 4.78 is 0. The van der Waals surface area contributed by atoms with Gasteiger partial charge in [0.1, 0.15) is 12.1 Å².